The summed E-state index contributed by atoms with van der Waals surface area (Å²) in [5.41, 5.74) is 5.03. The van der Waals surface area contributed by atoms with Gasteiger partial charge in [0.2, 0.25) is 5.95 Å². The molecule has 3 rings (SSSR count). The summed E-state index contributed by atoms with van der Waals surface area (Å²) in [6.45, 7) is 0.871. The van der Waals surface area contributed by atoms with Gasteiger partial charge >= 0.3 is 5.97 Å². The number of halogens is 1. The van der Waals surface area contributed by atoms with Gasteiger partial charge in [-0.25, -0.2) is 9.37 Å². The van der Waals surface area contributed by atoms with Gasteiger partial charge in [-0.15, -0.1) is 0 Å². The highest BCUT2D eigenvalue weighted by atomic mass is 19.1. The lowest BCUT2D eigenvalue weighted by Gasteiger charge is -2.40. The minimum absolute atomic E-state index is 0.133. The number of aliphatic carboxylic acids is 1. The predicted molar refractivity (Wildman–Crippen MR) is 88.1 cm³/mol. The zero-order valence-corrected chi connectivity index (χ0v) is 13.2. The Morgan fingerprint density at radius 3 is 2.88 bits per heavy atom. The number of carboxylic acid groups (broad SMARTS) is 1. The van der Waals surface area contributed by atoms with Crippen LogP contribution in [0.25, 0.3) is 0 Å². The maximum absolute atomic E-state index is 14.0. The van der Waals surface area contributed by atoms with Gasteiger partial charge in [0.25, 0.3) is 0 Å². The Hall–Kier alpha value is -2.70. The number of anilines is 2. The van der Waals surface area contributed by atoms with Crippen LogP contribution in [-0.2, 0) is 11.2 Å². The molecule has 1 aromatic carbocycles. The Morgan fingerprint density at radius 2 is 2.17 bits per heavy atom. The lowest BCUT2D eigenvalue weighted by molar-refractivity contribution is -0.149. The van der Waals surface area contributed by atoms with Crippen LogP contribution in [0.2, 0.25) is 0 Å². The SMILES string of the molecule is Nc1ccnc(N2CCC[C@](Cc3ccccc3F)(C(=O)O)C2)n1. The van der Waals surface area contributed by atoms with Crippen LogP contribution in [0.3, 0.4) is 0 Å². The van der Waals surface area contributed by atoms with Gasteiger partial charge in [0.15, 0.2) is 0 Å². The average molecular weight is 330 g/mol. The Bertz CT molecular complexity index is 755. The second kappa shape index (κ2) is 6.43. The van der Waals surface area contributed by atoms with Gasteiger partial charge in [0.05, 0.1) is 5.41 Å². The van der Waals surface area contributed by atoms with Gasteiger partial charge in [0.1, 0.15) is 11.6 Å². The Morgan fingerprint density at radius 1 is 1.38 bits per heavy atom. The molecule has 24 heavy (non-hydrogen) atoms. The molecule has 0 spiro atoms. The normalized spacial score (nSPS) is 20.8. The number of hydrogen-bond acceptors (Lipinski definition) is 5. The molecule has 2 aromatic rings. The van der Waals surface area contributed by atoms with E-state index in [1.807, 2.05) is 4.90 Å². The lowest BCUT2D eigenvalue weighted by atomic mass is 9.75. The molecule has 0 saturated carbocycles. The van der Waals surface area contributed by atoms with Crippen LogP contribution in [0.15, 0.2) is 36.5 Å². The third-order valence-corrected chi connectivity index (χ3v) is 4.46. The maximum atomic E-state index is 14.0. The molecule has 2 heterocycles. The standard InChI is InChI=1S/C17H19FN4O2/c18-13-5-2-1-4-12(13)10-17(15(23)24)7-3-9-22(11-17)16-20-8-6-14(19)21-16/h1-2,4-6,8H,3,7,9-11H2,(H,23,24)(H2,19,20,21)/t17-/m1/s1. The van der Waals surface area contributed by atoms with Crippen LogP contribution in [0, 0.1) is 11.2 Å². The van der Waals surface area contributed by atoms with E-state index in [2.05, 4.69) is 9.97 Å². The number of piperidine rings is 1. The first-order chi connectivity index (χ1) is 11.5. The summed E-state index contributed by atoms with van der Waals surface area (Å²) < 4.78 is 14.0. The van der Waals surface area contributed by atoms with Crippen molar-refractivity contribution < 1.29 is 14.3 Å². The quantitative estimate of drug-likeness (QED) is 0.892. The molecule has 0 unspecified atom stereocenters. The van der Waals surface area contributed by atoms with Crippen molar-refractivity contribution >= 4 is 17.7 Å². The van der Waals surface area contributed by atoms with E-state index in [0.717, 1.165) is 0 Å². The molecule has 1 fully saturated rings. The second-order valence-electron chi connectivity index (χ2n) is 6.16. The van der Waals surface area contributed by atoms with Crippen LogP contribution in [0.1, 0.15) is 18.4 Å². The number of carbonyl (C=O) groups is 1. The fourth-order valence-electron chi connectivity index (χ4n) is 3.22. The van der Waals surface area contributed by atoms with Crippen molar-refractivity contribution in [2.24, 2.45) is 5.41 Å². The average Bonchev–Trinajstić information content (AvgIpc) is 2.57. The monoisotopic (exact) mass is 330 g/mol. The van der Waals surface area contributed by atoms with E-state index in [1.54, 1.807) is 30.5 Å². The van der Waals surface area contributed by atoms with Gasteiger partial charge in [-0.3, -0.25) is 4.79 Å². The van der Waals surface area contributed by atoms with Crippen LogP contribution in [-0.4, -0.2) is 34.1 Å². The predicted octanol–water partition coefficient (Wildman–Crippen LogP) is 2.11. The van der Waals surface area contributed by atoms with E-state index in [-0.39, 0.29) is 18.8 Å². The van der Waals surface area contributed by atoms with E-state index in [4.69, 9.17) is 5.73 Å². The molecule has 0 radical (unpaired) electrons. The maximum Gasteiger partial charge on any atom is 0.311 e. The largest absolute Gasteiger partial charge is 0.481 e. The Kier molecular flexibility index (Phi) is 4.33. The minimum atomic E-state index is -1.07. The molecule has 3 N–H and O–H groups in total. The molecule has 0 amide bonds. The number of rotatable bonds is 4. The van der Waals surface area contributed by atoms with Crippen molar-refractivity contribution in [1.82, 2.24) is 9.97 Å². The summed E-state index contributed by atoms with van der Waals surface area (Å²) in [5, 5.41) is 9.85. The summed E-state index contributed by atoms with van der Waals surface area (Å²) in [5.74, 6) is -0.565. The van der Waals surface area contributed by atoms with Crippen molar-refractivity contribution in [3.63, 3.8) is 0 Å². The highest BCUT2D eigenvalue weighted by Gasteiger charge is 2.43. The fraction of sp³-hybridized carbons (Fsp3) is 0.353. The highest BCUT2D eigenvalue weighted by Crippen LogP contribution is 2.36. The zero-order chi connectivity index (χ0) is 17.2. The molecule has 6 nitrogen and oxygen atoms in total. The molecule has 0 aliphatic carbocycles. The van der Waals surface area contributed by atoms with E-state index in [0.29, 0.717) is 36.7 Å². The number of nitrogens with two attached hydrogens (primary N) is 1. The van der Waals surface area contributed by atoms with Crippen molar-refractivity contribution in [3.05, 3.63) is 47.9 Å². The number of aromatic nitrogens is 2. The molecule has 126 valence electrons. The van der Waals surface area contributed by atoms with Crippen LogP contribution >= 0.6 is 0 Å². The molecular weight excluding hydrogens is 311 g/mol. The second-order valence-corrected chi connectivity index (χ2v) is 6.16. The molecule has 1 aromatic heterocycles. The van der Waals surface area contributed by atoms with E-state index >= 15 is 0 Å². The number of nitrogen functional groups attached to an aromatic ring is 1. The summed E-state index contributed by atoms with van der Waals surface area (Å²) in [6, 6.07) is 7.88. The van der Waals surface area contributed by atoms with Gasteiger partial charge in [-0.2, -0.15) is 4.98 Å². The first-order valence-corrected chi connectivity index (χ1v) is 7.80. The molecule has 1 atom stereocenters. The fourth-order valence-corrected chi connectivity index (χ4v) is 3.22. The third kappa shape index (κ3) is 3.15. The highest BCUT2D eigenvalue weighted by molar-refractivity contribution is 5.76. The molecule has 1 saturated heterocycles. The van der Waals surface area contributed by atoms with Crippen LogP contribution in [0.4, 0.5) is 16.2 Å². The smallest absolute Gasteiger partial charge is 0.311 e. The van der Waals surface area contributed by atoms with Gasteiger partial charge in [0, 0.05) is 19.3 Å². The number of carboxylic acids is 1. The van der Waals surface area contributed by atoms with Crippen molar-refractivity contribution in [1.29, 1.82) is 0 Å². The Balaban J connectivity index is 1.90. The summed E-state index contributed by atoms with van der Waals surface area (Å²) in [4.78, 5) is 22.2. The van der Waals surface area contributed by atoms with E-state index < -0.39 is 11.4 Å². The van der Waals surface area contributed by atoms with Crippen molar-refractivity contribution in [2.45, 2.75) is 19.3 Å². The van der Waals surface area contributed by atoms with Crippen LogP contribution in [0.5, 0.6) is 0 Å². The minimum Gasteiger partial charge on any atom is -0.481 e. The first-order valence-electron chi connectivity index (χ1n) is 7.80. The molecule has 0 bridgehead atoms. The number of benzene rings is 1. The van der Waals surface area contributed by atoms with Gasteiger partial charge in [-0.1, -0.05) is 18.2 Å². The summed E-state index contributed by atoms with van der Waals surface area (Å²) >= 11 is 0. The topological polar surface area (TPSA) is 92.3 Å². The Labute approximate surface area is 139 Å². The lowest BCUT2D eigenvalue weighted by Crippen LogP contribution is -2.49. The van der Waals surface area contributed by atoms with Crippen molar-refractivity contribution in [2.75, 3.05) is 23.7 Å². The first kappa shape index (κ1) is 16.2. The molecule has 7 heteroatoms. The molecule has 1 aliphatic rings. The third-order valence-electron chi connectivity index (χ3n) is 4.46. The van der Waals surface area contributed by atoms with E-state index in [9.17, 15) is 14.3 Å². The van der Waals surface area contributed by atoms with E-state index in [1.165, 1.54) is 6.07 Å². The zero-order valence-electron chi connectivity index (χ0n) is 13.2. The summed E-state index contributed by atoms with van der Waals surface area (Å²) in [6.07, 6.45) is 2.83. The van der Waals surface area contributed by atoms with Gasteiger partial charge in [-0.05, 0) is 37.0 Å². The number of hydrogen-bond donors (Lipinski definition) is 2. The molecular formula is C17H19FN4O2. The summed E-state index contributed by atoms with van der Waals surface area (Å²) in [7, 11) is 0. The van der Waals surface area contributed by atoms with Gasteiger partial charge < -0.3 is 15.7 Å². The molecule has 1 aliphatic heterocycles. The number of nitrogens with zero attached hydrogens (tertiary/aromatic N) is 3. The van der Waals surface area contributed by atoms with Crippen LogP contribution < -0.4 is 10.6 Å². The van der Waals surface area contributed by atoms with Crippen molar-refractivity contribution in [3.8, 4) is 0 Å².